The number of benzene rings is 1. The molecule has 0 bridgehead atoms. The van der Waals surface area contributed by atoms with Gasteiger partial charge in [0.25, 0.3) is 0 Å². The van der Waals surface area contributed by atoms with Gasteiger partial charge < -0.3 is 20.5 Å². The number of nitrogens with two attached hydrogens (primary N) is 1. The molecule has 1 saturated heterocycles. The number of aldehydes is 1. The SMILES string of the molecule is C[C@@H]1C[C@H](O)c2ncnc(N3CCN(C(N)C(C=O)c4ccc(Br)cc4F)CC3)c21. The van der Waals surface area contributed by atoms with Crippen molar-refractivity contribution in [1.82, 2.24) is 14.9 Å². The molecule has 9 heteroatoms. The number of hydrogen-bond donors (Lipinski definition) is 2. The van der Waals surface area contributed by atoms with Crippen LogP contribution in [0, 0.1) is 5.82 Å². The summed E-state index contributed by atoms with van der Waals surface area (Å²) in [6.07, 6.45) is 1.74. The van der Waals surface area contributed by atoms with Crippen LogP contribution in [0.5, 0.6) is 0 Å². The van der Waals surface area contributed by atoms with Gasteiger partial charge in [-0.2, -0.15) is 0 Å². The average Bonchev–Trinajstić information content (AvgIpc) is 3.04. The summed E-state index contributed by atoms with van der Waals surface area (Å²) < 4.78 is 15.0. The number of nitrogens with zero attached hydrogens (tertiary/aromatic N) is 4. The maximum atomic E-state index is 14.4. The van der Waals surface area contributed by atoms with E-state index in [2.05, 4.69) is 37.7 Å². The van der Waals surface area contributed by atoms with Gasteiger partial charge in [-0.25, -0.2) is 14.4 Å². The van der Waals surface area contributed by atoms with Crippen LogP contribution in [0.1, 0.15) is 48.1 Å². The molecule has 30 heavy (non-hydrogen) atoms. The molecule has 7 nitrogen and oxygen atoms in total. The molecule has 2 unspecified atom stereocenters. The van der Waals surface area contributed by atoms with Crippen molar-refractivity contribution in [2.45, 2.75) is 37.5 Å². The van der Waals surface area contributed by atoms with Gasteiger partial charge in [-0.05, 0) is 24.5 Å². The number of aromatic nitrogens is 2. The largest absolute Gasteiger partial charge is 0.387 e. The maximum absolute atomic E-state index is 14.4. The number of piperazine rings is 1. The van der Waals surface area contributed by atoms with Gasteiger partial charge in [0, 0.05) is 41.8 Å². The second-order valence-corrected chi connectivity index (χ2v) is 8.91. The molecule has 0 saturated carbocycles. The molecular formula is C21H25BrFN5O2. The third-order valence-electron chi connectivity index (χ3n) is 6.15. The summed E-state index contributed by atoms with van der Waals surface area (Å²) >= 11 is 3.24. The normalized spacial score (nSPS) is 23.8. The van der Waals surface area contributed by atoms with Crippen molar-refractivity contribution in [3.8, 4) is 0 Å². The first kappa shape index (κ1) is 21.3. The van der Waals surface area contributed by atoms with Crippen LogP contribution < -0.4 is 10.6 Å². The zero-order valence-corrected chi connectivity index (χ0v) is 18.3. The summed E-state index contributed by atoms with van der Waals surface area (Å²) in [5, 5.41) is 10.2. The van der Waals surface area contributed by atoms with Gasteiger partial charge in [0.2, 0.25) is 0 Å². The van der Waals surface area contributed by atoms with Crippen molar-refractivity contribution in [3.63, 3.8) is 0 Å². The van der Waals surface area contributed by atoms with Crippen molar-refractivity contribution in [1.29, 1.82) is 0 Å². The molecule has 1 aromatic carbocycles. The highest BCUT2D eigenvalue weighted by Crippen LogP contribution is 2.42. The van der Waals surface area contributed by atoms with Crippen molar-refractivity contribution in [3.05, 3.63) is 51.6 Å². The van der Waals surface area contributed by atoms with Crippen molar-refractivity contribution in [2.24, 2.45) is 5.73 Å². The zero-order chi connectivity index (χ0) is 21.4. The molecule has 1 aliphatic carbocycles. The van der Waals surface area contributed by atoms with Crippen LogP contribution in [-0.2, 0) is 4.79 Å². The molecule has 2 heterocycles. The number of carbonyl (C=O) groups excluding carboxylic acids is 1. The summed E-state index contributed by atoms with van der Waals surface area (Å²) in [5.74, 6) is -0.128. The molecule has 2 aliphatic rings. The predicted octanol–water partition coefficient (Wildman–Crippen LogP) is 2.31. The third-order valence-corrected chi connectivity index (χ3v) is 6.64. The van der Waals surface area contributed by atoms with E-state index in [1.165, 1.54) is 12.4 Å². The van der Waals surface area contributed by atoms with Crippen molar-refractivity contribution >= 4 is 28.0 Å². The monoisotopic (exact) mass is 477 g/mol. The summed E-state index contributed by atoms with van der Waals surface area (Å²) in [4.78, 5) is 24.7. The molecule has 0 amide bonds. The Bertz CT molecular complexity index is 938. The molecule has 2 aromatic rings. The lowest BCUT2D eigenvalue weighted by atomic mass is 9.96. The molecule has 4 rings (SSSR count). The van der Waals surface area contributed by atoms with Crippen molar-refractivity contribution in [2.75, 3.05) is 31.1 Å². The summed E-state index contributed by atoms with van der Waals surface area (Å²) in [7, 11) is 0. The van der Waals surface area contributed by atoms with Crippen LogP contribution in [0.2, 0.25) is 0 Å². The Labute approximate surface area is 183 Å². The highest BCUT2D eigenvalue weighted by atomic mass is 79.9. The molecule has 0 radical (unpaired) electrons. The number of aliphatic hydroxyl groups is 1. The molecule has 4 atom stereocenters. The summed E-state index contributed by atoms with van der Waals surface area (Å²) in [6, 6.07) is 4.66. The van der Waals surface area contributed by atoms with Crippen LogP contribution in [-0.4, -0.2) is 58.6 Å². The number of rotatable bonds is 5. The highest BCUT2D eigenvalue weighted by molar-refractivity contribution is 9.10. The summed E-state index contributed by atoms with van der Waals surface area (Å²) in [5.41, 5.74) is 8.44. The zero-order valence-electron chi connectivity index (χ0n) is 16.7. The lowest BCUT2D eigenvalue weighted by Gasteiger charge is -2.40. The average molecular weight is 478 g/mol. The highest BCUT2D eigenvalue weighted by Gasteiger charge is 2.35. The second kappa shape index (κ2) is 8.66. The summed E-state index contributed by atoms with van der Waals surface area (Å²) in [6.45, 7) is 4.68. The van der Waals surface area contributed by atoms with Crippen LogP contribution in [0.15, 0.2) is 29.0 Å². The van der Waals surface area contributed by atoms with E-state index in [1.807, 2.05) is 4.90 Å². The minimum atomic E-state index is -0.747. The van der Waals surface area contributed by atoms with E-state index in [4.69, 9.17) is 5.73 Å². The second-order valence-electron chi connectivity index (χ2n) is 7.99. The van der Waals surface area contributed by atoms with E-state index < -0.39 is 24.0 Å². The minimum Gasteiger partial charge on any atom is -0.387 e. The van der Waals surface area contributed by atoms with E-state index in [9.17, 15) is 14.3 Å². The Hall–Kier alpha value is -1.94. The molecule has 3 N–H and O–H groups in total. The Morgan fingerprint density at radius 1 is 1.30 bits per heavy atom. The first-order chi connectivity index (χ1) is 14.4. The van der Waals surface area contributed by atoms with E-state index in [-0.39, 0.29) is 5.92 Å². The number of hydrogen-bond acceptors (Lipinski definition) is 7. The molecule has 1 aliphatic heterocycles. The number of anilines is 1. The fourth-order valence-corrected chi connectivity index (χ4v) is 4.86. The standard InChI is InChI=1S/C21H25BrFN5O2/c1-12-8-17(30)19-18(12)21(26-11-25-19)28-6-4-27(5-7-28)20(24)15(10-29)14-3-2-13(22)9-16(14)23/h2-3,9-12,15,17,20,30H,4-8,24H2,1H3/t12-,15?,17+,20?/m1/s1. The van der Waals surface area contributed by atoms with Crippen LogP contribution in [0.4, 0.5) is 10.2 Å². The van der Waals surface area contributed by atoms with E-state index in [1.54, 1.807) is 12.1 Å². The van der Waals surface area contributed by atoms with E-state index >= 15 is 0 Å². The fraction of sp³-hybridized carbons (Fsp3) is 0.476. The Morgan fingerprint density at radius 2 is 2.03 bits per heavy atom. The minimum absolute atomic E-state index is 0.200. The first-order valence-electron chi connectivity index (χ1n) is 10.1. The molecule has 160 valence electrons. The number of fused-ring (bicyclic) bond motifs is 1. The first-order valence-corrected chi connectivity index (χ1v) is 10.9. The topological polar surface area (TPSA) is 95.6 Å². The molecule has 1 fully saturated rings. The van der Waals surface area contributed by atoms with Gasteiger partial charge in [-0.15, -0.1) is 0 Å². The third kappa shape index (κ3) is 3.87. The van der Waals surface area contributed by atoms with Gasteiger partial charge in [0.05, 0.1) is 23.9 Å². The van der Waals surface area contributed by atoms with Gasteiger partial charge in [-0.1, -0.05) is 28.9 Å². The Kier molecular flexibility index (Phi) is 6.15. The quantitative estimate of drug-likeness (QED) is 0.637. The van der Waals surface area contributed by atoms with E-state index in [0.29, 0.717) is 42.6 Å². The van der Waals surface area contributed by atoms with Crippen LogP contribution in [0.25, 0.3) is 0 Å². The van der Waals surface area contributed by atoms with Crippen LogP contribution >= 0.6 is 15.9 Å². The maximum Gasteiger partial charge on any atom is 0.135 e. The lowest BCUT2D eigenvalue weighted by molar-refractivity contribution is -0.110. The Morgan fingerprint density at radius 3 is 2.70 bits per heavy atom. The smallest absolute Gasteiger partial charge is 0.135 e. The number of aliphatic hydroxyl groups excluding tert-OH is 1. The van der Waals surface area contributed by atoms with Gasteiger partial charge in [0.1, 0.15) is 24.2 Å². The van der Waals surface area contributed by atoms with Gasteiger partial charge >= 0.3 is 0 Å². The number of halogens is 2. The number of carbonyl (C=O) groups is 1. The molecule has 1 aromatic heterocycles. The van der Waals surface area contributed by atoms with Crippen LogP contribution in [0.3, 0.4) is 0 Å². The van der Waals surface area contributed by atoms with Gasteiger partial charge in [-0.3, -0.25) is 4.90 Å². The predicted molar refractivity (Wildman–Crippen MR) is 115 cm³/mol. The molecular weight excluding hydrogens is 453 g/mol. The molecule has 0 spiro atoms. The van der Waals surface area contributed by atoms with Crippen molar-refractivity contribution < 1.29 is 14.3 Å². The van der Waals surface area contributed by atoms with E-state index in [0.717, 1.165) is 23.4 Å². The Balaban J connectivity index is 1.48. The van der Waals surface area contributed by atoms with Gasteiger partial charge in [0.15, 0.2) is 0 Å². The lowest BCUT2D eigenvalue weighted by Crippen LogP contribution is -2.56. The fourth-order valence-electron chi connectivity index (χ4n) is 4.52.